The summed E-state index contributed by atoms with van der Waals surface area (Å²) in [6.07, 6.45) is 3.97. The molecule has 3 aromatic rings. The summed E-state index contributed by atoms with van der Waals surface area (Å²) in [6, 6.07) is 15.0. The number of nitrogens with zero attached hydrogens (tertiary/aromatic N) is 1. The smallest absolute Gasteiger partial charge is 0.234 e. The molecular weight excluding hydrogens is 510 g/mol. The molecule has 7 heteroatoms. The predicted molar refractivity (Wildman–Crippen MR) is 147 cm³/mol. The van der Waals surface area contributed by atoms with E-state index in [4.69, 9.17) is 0 Å². The minimum absolute atomic E-state index is 0.0641. The predicted octanol–water partition coefficient (Wildman–Crippen LogP) is 5.24. The van der Waals surface area contributed by atoms with Gasteiger partial charge in [0.15, 0.2) is 11.6 Å². The first-order valence-corrected chi connectivity index (χ1v) is 14.0. The summed E-state index contributed by atoms with van der Waals surface area (Å²) in [5.41, 5.74) is 2.53. The number of phenols is 1. The van der Waals surface area contributed by atoms with Crippen molar-refractivity contribution in [1.82, 2.24) is 4.90 Å². The van der Waals surface area contributed by atoms with Gasteiger partial charge in [-0.1, -0.05) is 54.1 Å². The Bertz CT molecular complexity index is 1710. The number of thiophene rings is 1. The maximum absolute atomic E-state index is 13.8. The Hall–Kier alpha value is -4.10. The Morgan fingerprint density at radius 1 is 0.974 bits per heavy atom. The molecule has 2 amide bonds. The van der Waals surface area contributed by atoms with Gasteiger partial charge in [0.2, 0.25) is 11.8 Å². The highest BCUT2D eigenvalue weighted by Crippen LogP contribution is 2.56. The number of amides is 2. The average Bonchev–Trinajstić information content (AvgIpc) is 3.54. The van der Waals surface area contributed by atoms with Crippen molar-refractivity contribution in [2.75, 3.05) is 0 Å². The van der Waals surface area contributed by atoms with Crippen molar-refractivity contribution in [3.63, 3.8) is 0 Å². The minimum atomic E-state index is -0.668. The number of likely N-dealkylation sites (tertiary alicyclic amines) is 1. The Morgan fingerprint density at radius 3 is 2.59 bits per heavy atom. The average molecular weight is 536 g/mol. The van der Waals surface area contributed by atoms with Crippen molar-refractivity contribution in [1.29, 1.82) is 0 Å². The molecule has 1 aliphatic heterocycles. The van der Waals surface area contributed by atoms with Crippen LogP contribution in [0.15, 0.2) is 88.4 Å². The number of hydrogen-bond donors (Lipinski definition) is 1. The molecule has 1 saturated heterocycles. The van der Waals surface area contributed by atoms with E-state index in [1.165, 1.54) is 22.3 Å². The van der Waals surface area contributed by atoms with E-state index in [2.05, 4.69) is 0 Å². The van der Waals surface area contributed by atoms with E-state index in [0.29, 0.717) is 34.1 Å². The summed E-state index contributed by atoms with van der Waals surface area (Å²) in [5, 5.41) is 14.9. The van der Waals surface area contributed by atoms with Gasteiger partial charge >= 0.3 is 0 Å². The standard InChI is InChI=1S/C32H25NO5S/c1-16-13-25(34)24-14-23-20(10-11-22-27(23)32(38)33(31(22)37)15-18-6-4-12-39-18)26(28(24)29(16)35)21-9-8-17-5-2-3-7-19(17)30(21)36/h2-10,12-13,22-23,26-27,36H,11,14-15H2,1H3. The molecule has 0 radical (unpaired) electrons. The van der Waals surface area contributed by atoms with Crippen LogP contribution in [0.1, 0.15) is 36.1 Å². The number of allylic oxidation sites excluding steroid dienone is 6. The number of fused-ring (bicyclic) bond motifs is 4. The Balaban J connectivity index is 1.38. The highest BCUT2D eigenvalue weighted by Gasteiger charge is 2.56. The summed E-state index contributed by atoms with van der Waals surface area (Å²) < 4.78 is 0. The first-order valence-electron chi connectivity index (χ1n) is 13.1. The number of aromatic hydroxyl groups is 1. The number of Topliss-reactive ketones (excluding diaryl/α,β-unsaturated/α-hetero) is 1. The second-order valence-electron chi connectivity index (χ2n) is 10.8. The zero-order valence-corrected chi connectivity index (χ0v) is 22.0. The molecular formula is C32H25NO5S. The van der Waals surface area contributed by atoms with E-state index in [-0.39, 0.29) is 42.1 Å². The largest absolute Gasteiger partial charge is 0.507 e. The zero-order chi connectivity index (χ0) is 27.0. The maximum Gasteiger partial charge on any atom is 0.234 e. The lowest BCUT2D eigenvalue weighted by molar-refractivity contribution is -0.140. The van der Waals surface area contributed by atoms with E-state index in [1.807, 2.05) is 60.0 Å². The molecule has 4 unspecified atom stereocenters. The first kappa shape index (κ1) is 24.0. The molecule has 2 aromatic carbocycles. The number of carbonyl (C=O) groups is 4. The van der Waals surface area contributed by atoms with Crippen molar-refractivity contribution in [3.8, 4) is 5.75 Å². The van der Waals surface area contributed by atoms with Crippen LogP contribution in [0, 0.1) is 17.8 Å². The van der Waals surface area contributed by atoms with Crippen LogP contribution < -0.4 is 0 Å². The topological polar surface area (TPSA) is 91.8 Å². The van der Waals surface area contributed by atoms with E-state index < -0.39 is 23.7 Å². The number of hydrogen-bond acceptors (Lipinski definition) is 6. The van der Waals surface area contributed by atoms with Crippen LogP contribution in [0.2, 0.25) is 0 Å². The fourth-order valence-corrected chi connectivity index (χ4v) is 7.69. The van der Waals surface area contributed by atoms with Crippen LogP contribution in [-0.2, 0) is 25.7 Å². The molecule has 0 spiro atoms. The van der Waals surface area contributed by atoms with Gasteiger partial charge < -0.3 is 5.11 Å². The molecule has 39 heavy (non-hydrogen) atoms. The Morgan fingerprint density at radius 2 is 1.79 bits per heavy atom. The van der Waals surface area contributed by atoms with Gasteiger partial charge in [-0.25, -0.2) is 0 Å². The lowest BCUT2D eigenvalue weighted by Gasteiger charge is -2.42. The summed E-state index contributed by atoms with van der Waals surface area (Å²) >= 11 is 1.50. The van der Waals surface area contributed by atoms with Crippen LogP contribution in [0.5, 0.6) is 5.75 Å². The van der Waals surface area contributed by atoms with E-state index in [0.717, 1.165) is 15.8 Å². The molecule has 194 valence electrons. The first-order chi connectivity index (χ1) is 18.8. The van der Waals surface area contributed by atoms with Gasteiger partial charge in [0.25, 0.3) is 0 Å². The molecule has 7 rings (SSSR count). The third-order valence-corrected chi connectivity index (χ3v) is 9.65. The summed E-state index contributed by atoms with van der Waals surface area (Å²) in [5.74, 6) is -2.96. The highest BCUT2D eigenvalue weighted by molar-refractivity contribution is 7.09. The van der Waals surface area contributed by atoms with E-state index in [9.17, 15) is 24.3 Å². The SMILES string of the molecule is CC1=CC(=O)C2=C(C1=O)C(c1ccc3ccccc3c1O)C1=CCC3C(=O)N(Cc4cccs4)C(=O)C3C1C2. The van der Waals surface area contributed by atoms with Gasteiger partial charge in [0, 0.05) is 38.5 Å². The lowest BCUT2D eigenvalue weighted by Crippen LogP contribution is -2.39. The monoisotopic (exact) mass is 535 g/mol. The maximum atomic E-state index is 13.8. The fourth-order valence-electron chi connectivity index (χ4n) is 7.00. The highest BCUT2D eigenvalue weighted by atomic mass is 32.1. The molecule has 0 saturated carbocycles. The number of benzene rings is 2. The Labute approximate surface area is 228 Å². The van der Waals surface area contributed by atoms with Gasteiger partial charge in [0.05, 0.1) is 18.4 Å². The third kappa shape index (κ3) is 3.46. The minimum Gasteiger partial charge on any atom is -0.507 e. The van der Waals surface area contributed by atoms with Crippen LogP contribution in [0.3, 0.4) is 0 Å². The van der Waals surface area contributed by atoms with Gasteiger partial charge in [0.1, 0.15) is 5.75 Å². The van der Waals surface area contributed by atoms with Crippen molar-refractivity contribution < 1.29 is 24.3 Å². The Kier molecular flexibility index (Phi) is 5.36. The third-order valence-electron chi connectivity index (χ3n) is 8.79. The fraction of sp³-hybridized carbons (Fsp3) is 0.250. The molecule has 1 N–H and O–H groups in total. The normalized spacial score (nSPS) is 26.4. The van der Waals surface area contributed by atoms with Gasteiger partial charge in [-0.05, 0) is 48.6 Å². The number of imide groups is 1. The molecule has 3 aliphatic carbocycles. The molecule has 1 aromatic heterocycles. The number of carbonyl (C=O) groups excluding carboxylic acids is 4. The van der Waals surface area contributed by atoms with Crippen molar-refractivity contribution in [3.05, 3.63) is 98.8 Å². The lowest BCUT2D eigenvalue weighted by atomic mass is 9.59. The second kappa shape index (κ2) is 8.71. The molecule has 4 aliphatic rings. The van der Waals surface area contributed by atoms with Crippen LogP contribution in [0.4, 0.5) is 0 Å². The van der Waals surface area contributed by atoms with E-state index >= 15 is 0 Å². The summed E-state index contributed by atoms with van der Waals surface area (Å²) in [7, 11) is 0. The number of rotatable bonds is 3. The van der Waals surface area contributed by atoms with E-state index in [1.54, 1.807) is 6.92 Å². The zero-order valence-electron chi connectivity index (χ0n) is 21.2. The van der Waals surface area contributed by atoms with Gasteiger partial charge in [-0.15, -0.1) is 11.3 Å². The molecule has 1 fully saturated rings. The van der Waals surface area contributed by atoms with Crippen LogP contribution in [0.25, 0.3) is 10.8 Å². The van der Waals surface area contributed by atoms with Crippen molar-refractivity contribution >= 4 is 45.5 Å². The van der Waals surface area contributed by atoms with Gasteiger partial charge in [-0.3, -0.25) is 24.1 Å². The van der Waals surface area contributed by atoms with Crippen LogP contribution >= 0.6 is 11.3 Å². The van der Waals surface area contributed by atoms with Crippen molar-refractivity contribution in [2.45, 2.75) is 32.2 Å². The van der Waals surface area contributed by atoms with Crippen LogP contribution in [-0.4, -0.2) is 33.4 Å². The summed E-state index contributed by atoms with van der Waals surface area (Å²) in [4.78, 5) is 56.5. The molecule has 0 bridgehead atoms. The molecule has 6 nitrogen and oxygen atoms in total. The number of ketones is 2. The quantitative estimate of drug-likeness (QED) is 0.282. The summed E-state index contributed by atoms with van der Waals surface area (Å²) in [6.45, 7) is 1.88. The molecule has 4 atom stereocenters. The van der Waals surface area contributed by atoms with Crippen molar-refractivity contribution in [2.24, 2.45) is 17.8 Å². The number of phenolic OH excluding ortho intramolecular Hbond substituents is 1. The van der Waals surface area contributed by atoms with Gasteiger partial charge in [-0.2, -0.15) is 0 Å². The second-order valence-corrected chi connectivity index (χ2v) is 11.8. The molecule has 2 heterocycles.